The van der Waals surface area contributed by atoms with Gasteiger partial charge < -0.3 is 15.5 Å². The largest absolute Gasteiger partial charge is 0.377 e. The lowest BCUT2D eigenvalue weighted by Crippen LogP contribution is -2.29. The van der Waals surface area contributed by atoms with Crippen molar-refractivity contribution in [2.24, 2.45) is 5.92 Å². The Morgan fingerprint density at radius 2 is 1.73 bits per heavy atom. The standard InChI is InChI=1S/C20H24BrN3O2/c1-13(2)12-22-19(25)16-11-14(9-10-18(16)24(3)4)23-20(26)15-7-5-6-8-17(15)21/h5-11,13H,12H2,1-4H3,(H,22,25)(H,23,26). The molecule has 2 aromatic carbocycles. The summed E-state index contributed by atoms with van der Waals surface area (Å²) in [7, 11) is 3.77. The zero-order valence-corrected chi connectivity index (χ0v) is 17.1. The summed E-state index contributed by atoms with van der Waals surface area (Å²) in [6, 6.07) is 12.5. The predicted octanol–water partition coefficient (Wildman–Crippen LogP) is 4.15. The first-order valence-electron chi connectivity index (χ1n) is 8.45. The van der Waals surface area contributed by atoms with Crippen LogP contribution >= 0.6 is 15.9 Å². The van der Waals surface area contributed by atoms with Crippen molar-refractivity contribution in [3.05, 3.63) is 58.1 Å². The van der Waals surface area contributed by atoms with Crippen LogP contribution in [0.4, 0.5) is 11.4 Å². The zero-order chi connectivity index (χ0) is 19.3. The summed E-state index contributed by atoms with van der Waals surface area (Å²) in [6.45, 7) is 4.68. The number of nitrogens with zero attached hydrogens (tertiary/aromatic N) is 1. The molecule has 0 spiro atoms. The van der Waals surface area contributed by atoms with E-state index in [4.69, 9.17) is 0 Å². The highest BCUT2D eigenvalue weighted by Gasteiger charge is 2.16. The van der Waals surface area contributed by atoms with Gasteiger partial charge in [0.1, 0.15) is 0 Å². The number of nitrogens with one attached hydrogen (secondary N) is 2. The quantitative estimate of drug-likeness (QED) is 0.741. The number of halogens is 1. The Balaban J connectivity index is 2.27. The first-order valence-corrected chi connectivity index (χ1v) is 9.24. The second-order valence-electron chi connectivity index (χ2n) is 6.66. The normalized spacial score (nSPS) is 10.5. The molecule has 0 bridgehead atoms. The molecular formula is C20H24BrN3O2. The highest BCUT2D eigenvalue weighted by Crippen LogP contribution is 2.24. The van der Waals surface area contributed by atoms with Gasteiger partial charge in [0.05, 0.1) is 11.1 Å². The summed E-state index contributed by atoms with van der Waals surface area (Å²) in [5.41, 5.74) is 2.44. The summed E-state index contributed by atoms with van der Waals surface area (Å²) in [5.74, 6) is -0.0249. The van der Waals surface area contributed by atoms with Crippen molar-refractivity contribution in [1.82, 2.24) is 5.32 Å². The lowest BCUT2D eigenvalue weighted by molar-refractivity contribution is 0.0948. The van der Waals surface area contributed by atoms with E-state index in [2.05, 4.69) is 26.6 Å². The van der Waals surface area contributed by atoms with E-state index in [1.165, 1.54) is 0 Å². The Morgan fingerprint density at radius 1 is 1.04 bits per heavy atom. The second-order valence-corrected chi connectivity index (χ2v) is 7.52. The van der Waals surface area contributed by atoms with E-state index in [0.717, 1.165) is 10.2 Å². The molecule has 2 aromatic rings. The summed E-state index contributed by atoms with van der Waals surface area (Å²) in [6.07, 6.45) is 0. The Labute approximate surface area is 162 Å². The predicted molar refractivity (Wildman–Crippen MR) is 110 cm³/mol. The van der Waals surface area contributed by atoms with Gasteiger partial charge in [-0.25, -0.2) is 0 Å². The maximum Gasteiger partial charge on any atom is 0.256 e. The van der Waals surface area contributed by atoms with Crippen molar-refractivity contribution in [3.63, 3.8) is 0 Å². The van der Waals surface area contributed by atoms with Crippen LogP contribution < -0.4 is 15.5 Å². The molecule has 5 nitrogen and oxygen atoms in total. The van der Waals surface area contributed by atoms with Crippen molar-refractivity contribution >= 4 is 39.1 Å². The smallest absolute Gasteiger partial charge is 0.256 e. The zero-order valence-electron chi connectivity index (χ0n) is 15.5. The molecule has 138 valence electrons. The average molecular weight is 418 g/mol. The van der Waals surface area contributed by atoms with Gasteiger partial charge in [-0.05, 0) is 52.2 Å². The topological polar surface area (TPSA) is 61.4 Å². The molecule has 0 unspecified atom stereocenters. The molecular weight excluding hydrogens is 394 g/mol. The van der Waals surface area contributed by atoms with Crippen molar-refractivity contribution in [3.8, 4) is 0 Å². The van der Waals surface area contributed by atoms with E-state index in [1.54, 1.807) is 24.3 Å². The first-order chi connectivity index (χ1) is 12.3. The SMILES string of the molecule is CC(C)CNC(=O)c1cc(NC(=O)c2ccccc2Br)ccc1N(C)C. The molecule has 0 heterocycles. The Bertz CT molecular complexity index is 803. The molecule has 0 fully saturated rings. The van der Waals surface area contributed by atoms with Gasteiger partial charge in [0, 0.05) is 36.5 Å². The number of anilines is 2. The maximum absolute atomic E-state index is 12.6. The molecule has 2 rings (SSSR count). The fourth-order valence-electron chi connectivity index (χ4n) is 2.42. The van der Waals surface area contributed by atoms with Gasteiger partial charge in [-0.1, -0.05) is 26.0 Å². The number of benzene rings is 2. The van der Waals surface area contributed by atoms with Crippen molar-refractivity contribution in [2.45, 2.75) is 13.8 Å². The highest BCUT2D eigenvalue weighted by molar-refractivity contribution is 9.10. The molecule has 0 saturated heterocycles. The van der Waals surface area contributed by atoms with Crippen LogP contribution in [0.3, 0.4) is 0 Å². The maximum atomic E-state index is 12.6. The Kier molecular flexibility index (Phi) is 6.80. The minimum absolute atomic E-state index is 0.153. The van der Waals surface area contributed by atoms with Crippen LogP contribution in [0.2, 0.25) is 0 Å². The lowest BCUT2D eigenvalue weighted by Gasteiger charge is -2.19. The van der Waals surface area contributed by atoms with Crippen LogP contribution in [0.5, 0.6) is 0 Å². The molecule has 0 aliphatic rings. The van der Waals surface area contributed by atoms with E-state index in [-0.39, 0.29) is 11.8 Å². The molecule has 0 saturated carbocycles. The molecule has 0 radical (unpaired) electrons. The summed E-state index contributed by atoms with van der Waals surface area (Å²) in [4.78, 5) is 27.0. The number of hydrogen-bond acceptors (Lipinski definition) is 3. The summed E-state index contributed by atoms with van der Waals surface area (Å²) < 4.78 is 0.720. The molecule has 2 N–H and O–H groups in total. The van der Waals surface area contributed by atoms with E-state index in [1.807, 2.05) is 51.0 Å². The molecule has 0 aromatic heterocycles. The number of rotatable bonds is 6. The van der Waals surface area contributed by atoms with Gasteiger partial charge in [-0.3, -0.25) is 9.59 Å². The third-order valence-corrected chi connectivity index (χ3v) is 4.46. The average Bonchev–Trinajstić information content (AvgIpc) is 2.59. The van der Waals surface area contributed by atoms with E-state index in [0.29, 0.717) is 29.3 Å². The fraction of sp³-hybridized carbons (Fsp3) is 0.300. The Hall–Kier alpha value is -2.34. The third-order valence-electron chi connectivity index (χ3n) is 3.77. The molecule has 6 heteroatoms. The highest BCUT2D eigenvalue weighted by atomic mass is 79.9. The van der Waals surface area contributed by atoms with Crippen LogP contribution in [-0.2, 0) is 0 Å². The fourth-order valence-corrected chi connectivity index (χ4v) is 2.89. The third kappa shape index (κ3) is 5.08. The minimum atomic E-state index is -0.233. The van der Waals surface area contributed by atoms with E-state index in [9.17, 15) is 9.59 Å². The lowest BCUT2D eigenvalue weighted by atomic mass is 10.1. The van der Waals surface area contributed by atoms with Crippen LogP contribution in [-0.4, -0.2) is 32.5 Å². The van der Waals surface area contributed by atoms with Gasteiger partial charge in [-0.15, -0.1) is 0 Å². The summed E-state index contributed by atoms with van der Waals surface area (Å²) in [5, 5.41) is 5.79. The van der Waals surface area contributed by atoms with Crippen LogP contribution in [0.1, 0.15) is 34.6 Å². The molecule has 0 aliphatic carbocycles. The van der Waals surface area contributed by atoms with Crippen molar-refractivity contribution in [2.75, 3.05) is 30.9 Å². The number of amides is 2. The van der Waals surface area contributed by atoms with Crippen molar-refractivity contribution in [1.29, 1.82) is 0 Å². The van der Waals surface area contributed by atoms with E-state index < -0.39 is 0 Å². The van der Waals surface area contributed by atoms with E-state index >= 15 is 0 Å². The number of carbonyl (C=O) groups excluding carboxylic acids is 2. The Morgan fingerprint density at radius 3 is 2.35 bits per heavy atom. The van der Waals surface area contributed by atoms with Gasteiger partial charge in [0.15, 0.2) is 0 Å². The number of hydrogen-bond donors (Lipinski definition) is 2. The molecule has 26 heavy (non-hydrogen) atoms. The van der Waals surface area contributed by atoms with Crippen LogP contribution in [0, 0.1) is 5.92 Å². The van der Waals surface area contributed by atoms with Crippen LogP contribution in [0.15, 0.2) is 46.9 Å². The van der Waals surface area contributed by atoms with Crippen LogP contribution in [0.25, 0.3) is 0 Å². The molecule has 2 amide bonds. The first kappa shape index (κ1) is 20.0. The minimum Gasteiger partial charge on any atom is -0.377 e. The summed E-state index contributed by atoms with van der Waals surface area (Å²) >= 11 is 3.38. The second kappa shape index (κ2) is 8.85. The van der Waals surface area contributed by atoms with Gasteiger partial charge >= 0.3 is 0 Å². The van der Waals surface area contributed by atoms with Crippen molar-refractivity contribution < 1.29 is 9.59 Å². The molecule has 0 aliphatic heterocycles. The van der Waals surface area contributed by atoms with Gasteiger partial charge in [0.25, 0.3) is 11.8 Å². The monoisotopic (exact) mass is 417 g/mol. The molecule has 0 atom stereocenters. The van der Waals surface area contributed by atoms with Gasteiger partial charge in [0.2, 0.25) is 0 Å². The number of carbonyl (C=O) groups is 2. The van der Waals surface area contributed by atoms with Gasteiger partial charge in [-0.2, -0.15) is 0 Å².